The van der Waals surface area contributed by atoms with Gasteiger partial charge in [-0.05, 0) is 24.6 Å². The van der Waals surface area contributed by atoms with E-state index in [2.05, 4.69) is 5.32 Å². The van der Waals surface area contributed by atoms with E-state index in [1.807, 2.05) is 0 Å². The topological polar surface area (TPSA) is 128 Å². The SMILES string of the molecule is CC[C@@H](C(=O)Nc1ccc2c(c1)OCCO2)N(c1cccc([N+](=O)[O-])c1)S(C)(=O)=O. The number of sulfonamides is 1. The van der Waals surface area contributed by atoms with Gasteiger partial charge in [0.05, 0.1) is 16.9 Å². The average molecular weight is 435 g/mol. The standard InChI is InChI=1S/C19H21N3O7S/c1-3-16(19(23)20-13-7-8-17-18(11-13)29-10-9-28-17)21(30(2,26)27)14-5-4-6-15(12-14)22(24)25/h4-8,11-12,16H,3,9-10H2,1-2H3,(H,20,23)/t16-/m0/s1. The molecule has 0 fully saturated rings. The van der Waals surface area contributed by atoms with E-state index < -0.39 is 26.9 Å². The molecule has 0 radical (unpaired) electrons. The monoisotopic (exact) mass is 435 g/mol. The van der Waals surface area contributed by atoms with Crippen LogP contribution in [0.2, 0.25) is 0 Å². The van der Waals surface area contributed by atoms with Gasteiger partial charge in [0, 0.05) is 23.9 Å². The highest BCUT2D eigenvalue weighted by Crippen LogP contribution is 2.33. The molecule has 10 nitrogen and oxygen atoms in total. The molecule has 0 aliphatic carbocycles. The fraction of sp³-hybridized carbons (Fsp3) is 0.316. The first-order valence-corrected chi connectivity index (χ1v) is 11.0. The molecular weight excluding hydrogens is 414 g/mol. The van der Waals surface area contributed by atoms with Gasteiger partial charge < -0.3 is 14.8 Å². The van der Waals surface area contributed by atoms with E-state index in [-0.39, 0.29) is 17.8 Å². The molecule has 0 saturated heterocycles. The summed E-state index contributed by atoms with van der Waals surface area (Å²) in [5.41, 5.74) is 0.175. The van der Waals surface area contributed by atoms with Gasteiger partial charge in [0.2, 0.25) is 15.9 Å². The number of carbonyl (C=O) groups is 1. The highest BCUT2D eigenvalue weighted by atomic mass is 32.2. The van der Waals surface area contributed by atoms with Crippen molar-refractivity contribution >= 4 is 33.0 Å². The summed E-state index contributed by atoms with van der Waals surface area (Å²) in [6.07, 6.45) is 1.10. The quantitative estimate of drug-likeness (QED) is 0.523. The second-order valence-corrected chi connectivity index (χ2v) is 8.47. The number of nitro benzene ring substituents is 1. The first kappa shape index (κ1) is 21.4. The van der Waals surface area contributed by atoms with E-state index in [0.29, 0.717) is 30.4 Å². The summed E-state index contributed by atoms with van der Waals surface area (Å²) in [4.78, 5) is 23.4. The maximum atomic E-state index is 13.0. The number of anilines is 2. The Morgan fingerprint density at radius 3 is 2.53 bits per heavy atom. The maximum Gasteiger partial charge on any atom is 0.271 e. The van der Waals surface area contributed by atoms with E-state index in [9.17, 15) is 23.3 Å². The number of hydrogen-bond acceptors (Lipinski definition) is 7. The summed E-state index contributed by atoms with van der Waals surface area (Å²) >= 11 is 0. The number of fused-ring (bicyclic) bond motifs is 1. The van der Waals surface area contributed by atoms with Crippen molar-refractivity contribution in [2.75, 3.05) is 29.1 Å². The number of hydrogen-bond donors (Lipinski definition) is 1. The highest BCUT2D eigenvalue weighted by molar-refractivity contribution is 7.92. The molecular formula is C19H21N3O7S. The van der Waals surface area contributed by atoms with Crippen LogP contribution in [0.5, 0.6) is 11.5 Å². The Bertz CT molecular complexity index is 1070. The Kier molecular flexibility index (Phi) is 6.11. The van der Waals surface area contributed by atoms with Crippen LogP contribution in [0, 0.1) is 10.1 Å². The smallest absolute Gasteiger partial charge is 0.271 e. The second kappa shape index (κ2) is 8.57. The Morgan fingerprint density at radius 2 is 1.90 bits per heavy atom. The van der Waals surface area contributed by atoms with Crippen LogP contribution in [-0.2, 0) is 14.8 Å². The molecule has 1 atom stereocenters. The van der Waals surface area contributed by atoms with E-state index in [1.54, 1.807) is 25.1 Å². The zero-order chi connectivity index (χ0) is 21.9. The summed E-state index contributed by atoms with van der Waals surface area (Å²) in [5, 5.41) is 13.8. The lowest BCUT2D eigenvalue weighted by atomic mass is 10.1. The number of benzene rings is 2. The summed E-state index contributed by atoms with van der Waals surface area (Å²) in [6, 6.07) is 8.91. The molecule has 0 spiro atoms. The summed E-state index contributed by atoms with van der Waals surface area (Å²) in [5.74, 6) is 0.456. The molecule has 0 unspecified atom stereocenters. The molecule has 160 valence electrons. The van der Waals surface area contributed by atoms with Crippen LogP contribution < -0.4 is 19.1 Å². The third-order valence-electron chi connectivity index (χ3n) is 4.43. The van der Waals surface area contributed by atoms with Crippen LogP contribution in [0.4, 0.5) is 17.1 Å². The average Bonchev–Trinajstić information content (AvgIpc) is 2.70. The number of nitro groups is 1. The number of ether oxygens (including phenoxy) is 2. The minimum Gasteiger partial charge on any atom is -0.486 e. The Labute approximate surface area is 173 Å². The van der Waals surface area contributed by atoms with E-state index in [4.69, 9.17) is 9.47 Å². The summed E-state index contributed by atoms with van der Waals surface area (Å²) < 4.78 is 36.8. The van der Waals surface area contributed by atoms with Crippen molar-refractivity contribution in [1.29, 1.82) is 0 Å². The van der Waals surface area contributed by atoms with Crippen molar-refractivity contribution in [1.82, 2.24) is 0 Å². The predicted molar refractivity (Wildman–Crippen MR) is 111 cm³/mol. The molecule has 0 saturated carbocycles. The maximum absolute atomic E-state index is 13.0. The molecule has 1 amide bonds. The molecule has 2 aromatic carbocycles. The van der Waals surface area contributed by atoms with Gasteiger partial charge in [0.1, 0.15) is 19.3 Å². The Morgan fingerprint density at radius 1 is 1.20 bits per heavy atom. The second-order valence-electron chi connectivity index (χ2n) is 6.61. The number of carbonyl (C=O) groups excluding carboxylic acids is 1. The van der Waals surface area contributed by atoms with Gasteiger partial charge in [0.15, 0.2) is 11.5 Å². The van der Waals surface area contributed by atoms with Crippen molar-refractivity contribution in [3.05, 3.63) is 52.6 Å². The van der Waals surface area contributed by atoms with Crippen LogP contribution in [0.15, 0.2) is 42.5 Å². The first-order valence-electron chi connectivity index (χ1n) is 9.15. The predicted octanol–water partition coefficient (Wildman–Crippen LogP) is 2.55. The fourth-order valence-electron chi connectivity index (χ4n) is 3.15. The van der Waals surface area contributed by atoms with Crippen molar-refractivity contribution in [2.45, 2.75) is 19.4 Å². The molecule has 1 N–H and O–H groups in total. The molecule has 1 aliphatic rings. The minimum atomic E-state index is -3.92. The number of amides is 1. The van der Waals surface area contributed by atoms with E-state index in [0.717, 1.165) is 16.6 Å². The zero-order valence-electron chi connectivity index (χ0n) is 16.4. The van der Waals surface area contributed by atoms with Crippen molar-refractivity contribution in [3.8, 4) is 11.5 Å². The lowest BCUT2D eigenvalue weighted by Gasteiger charge is -2.30. The molecule has 2 aromatic rings. The van der Waals surface area contributed by atoms with Crippen molar-refractivity contribution in [2.24, 2.45) is 0 Å². The number of rotatable bonds is 7. The fourth-order valence-corrected chi connectivity index (χ4v) is 4.35. The van der Waals surface area contributed by atoms with Gasteiger partial charge in [-0.3, -0.25) is 19.2 Å². The largest absolute Gasteiger partial charge is 0.486 e. The third-order valence-corrected chi connectivity index (χ3v) is 5.61. The highest BCUT2D eigenvalue weighted by Gasteiger charge is 2.32. The van der Waals surface area contributed by atoms with Crippen LogP contribution in [0.25, 0.3) is 0 Å². The van der Waals surface area contributed by atoms with Crippen LogP contribution in [-0.4, -0.2) is 44.8 Å². The van der Waals surface area contributed by atoms with Crippen LogP contribution >= 0.6 is 0 Å². The molecule has 30 heavy (non-hydrogen) atoms. The molecule has 1 heterocycles. The van der Waals surface area contributed by atoms with E-state index >= 15 is 0 Å². The number of non-ortho nitro benzene ring substituents is 1. The van der Waals surface area contributed by atoms with Gasteiger partial charge >= 0.3 is 0 Å². The number of nitrogens with zero attached hydrogens (tertiary/aromatic N) is 2. The Hall–Kier alpha value is -3.34. The van der Waals surface area contributed by atoms with Crippen LogP contribution in [0.1, 0.15) is 13.3 Å². The normalized spacial score (nSPS) is 13.9. The lowest BCUT2D eigenvalue weighted by Crippen LogP contribution is -2.47. The molecule has 0 bridgehead atoms. The number of nitrogens with one attached hydrogen (secondary N) is 1. The molecule has 0 aromatic heterocycles. The summed E-state index contributed by atoms with van der Waals surface area (Å²) in [6.45, 7) is 2.48. The van der Waals surface area contributed by atoms with Crippen molar-refractivity contribution < 1.29 is 27.6 Å². The molecule has 1 aliphatic heterocycles. The Balaban J connectivity index is 1.91. The minimum absolute atomic E-state index is 0.0378. The molecule has 3 rings (SSSR count). The van der Waals surface area contributed by atoms with E-state index in [1.165, 1.54) is 18.2 Å². The lowest BCUT2D eigenvalue weighted by molar-refractivity contribution is -0.384. The van der Waals surface area contributed by atoms with Crippen LogP contribution in [0.3, 0.4) is 0 Å². The van der Waals surface area contributed by atoms with Gasteiger partial charge in [-0.1, -0.05) is 13.0 Å². The molecule has 11 heteroatoms. The first-order chi connectivity index (χ1) is 14.2. The van der Waals surface area contributed by atoms with Gasteiger partial charge in [-0.2, -0.15) is 0 Å². The van der Waals surface area contributed by atoms with Crippen molar-refractivity contribution in [3.63, 3.8) is 0 Å². The van der Waals surface area contributed by atoms with Gasteiger partial charge in [-0.15, -0.1) is 0 Å². The zero-order valence-corrected chi connectivity index (χ0v) is 17.2. The van der Waals surface area contributed by atoms with Gasteiger partial charge in [0.25, 0.3) is 5.69 Å². The third kappa shape index (κ3) is 4.62. The van der Waals surface area contributed by atoms with Gasteiger partial charge in [-0.25, -0.2) is 8.42 Å². The summed E-state index contributed by atoms with van der Waals surface area (Å²) in [7, 11) is -3.92.